The van der Waals surface area contributed by atoms with Crippen LogP contribution in [0.4, 0.5) is 0 Å². The summed E-state index contributed by atoms with van der Waals surface area (Å²) in [7, 11) is 1.09. The van der Waals surface area contributed by atoms with Gasteiger partial charge in [0, 0.05) is 38.9 Å². The van der Waals surface area contributed by atoms with E-state index in [1.54, 1.807) is 0 Å². The molecule has 0 aliphatic heterocycles. The zero-order valence-electron chi connectivity index (χ0n) is 43.8. The lowest BCUT2D eigenvalue weighted by molar-refractivity contribution is -0.870. The Hall–Kier alpha value is -2.83. The number of carbonyl (C=O) groups is 2. The molecule has 0 bridgehead atoms. The molecule has 0 aromatic carbocycles. The topological polar surface area (TPSA) is 130 Å². The van der Waals surface area contributed by atoms with Crippen LogP contribution in [-0.2, 0) is 42.1 Å². The summed E-state index contributed by atoms with van der Waals surface area (Å²) in [6, 6.07) is 0. The zero-order chi connectivity index (χ0) is 49.9. The average Bonchev–Trinajstić information content (AvgIpc) is 3.30. The fourth-order valence-electron chi connectivity index (χ4n) is 6.93. The largest absolute Gasteiger partial charge is 0.756 e. The number of nitrogens with zero attached hydrogens (tertiary/aromatic N) is 1. The van der Waals surface area contributed by atoms with E-state index in [1.165, 1.54) is 89.9 Å². The predicted molar refractivity (Wildman–Crippen MR) is 275 cm³/mol. The van der Waals surface area contributed by atoms with Gasteiger partial charge in [-0.05, 0) is 62.2 Å². The maximum absolute atomic E-state index is 12.7. The van der Waals surface area contributed by atoms with Crippen LogP contribution in [0.15, 0.2) is 0 Å². The van der Waals surface area contributed by atoms with Gasteiger partial charge in [-0.2, -0.15) is 0 Å². The Morgan fingerprint density at radius 3 is 1.34 bits per heavy atom. The third-order valence-corrected chi connectivity index (χ3v) is 12.1. The Kier molecular flexibility index (Phi) is 47.1. The molecule has 0 rings (SSSR count). The number of likely N-dealkylation sites (N-methyl/N-ethyl adjacent to an activating group) is 1. The Morgan fingerprint density at radius 2 is 0.882 bits per heavy atom. The molecule has 0 aliphatic carbocycles. The second-order valence-corrected chi connectivity index (χ2v) is 20.3. The fourth-order valence-corrected chi connectivity index (χ4v) is 7.66. The summed E-state index contributed by atoms with van der Waals surface area (Å²) in [5.74, 6) is 22.8. The van der Waals surface area contributed by atoms with Gasteiger partial charge >= 0.3 is 11.9 Å². The number of unbranched alkanes of at least 4 members (excludes halogenated alkanes) is 26. The Balaban J connectivity index is 4.30. The highest BCUT2D eigenvalue weighted by Crippen LogP contribution is 2.38. The number of esters is 2. The molecule has 0 heterocycles. The fraction of sp³-hybridized carbons (Fsp3) is 0.821. The number of hydrogen-bond acceptors (Lipinski definition) is 10. The minimum Gasteiger partial charge on any atom is -0.756 e. The first-order chi connectivity index (χ1) is 33.0. The van der Waals surface area contributed by atoms with Gasteiger partial charge in [-0.25, -0.2) is 0 Å². The minimum absolute atomic E-state index is 0.0554. The first-order valence-corrected chi connectivity index (χ1v) is 28.3. The molecule has 68 heavy (non-hydrogen) atoms. The molecule has 390 valence electrons. The Labute approximate surface area is 416 Å². The van der Waals surface area contributed by atoms with Crippen molar-refractivity contribution in [2.24, 2.45) is 0 Å². The monoisotopic (exact) mass is 974 g/mol. The summed E-state index contributed by atoms with van der Waals surface area (Å²) in [6.45, 7) is 6.48. The van der Waals surface area contributed by atoms with E-state index in [0.717, 1.165) is 103 Å². The van der Waals surface area contributed by atoms with E-state index in [1.807, 2.05) is 21.1 Å². The van der Waals surface area contributed by atoms with E-state index < -0.39 is 32.5 Å². The number of quaternary nitrogens is 1. The van der Waals surface area contributed by atoms with Crippen molar-refractivity contribution in [2.75, 3.05) is 73.9 Å². The number of phosphoric ester groups is 1. The summed E-state index contributed by atoms with van der Waals surface area (Å²) < 4.78 is 45.1. The lowest BCUT2D eigenvalue weighted by atomic mass is 10.1. The molecule has 2 atom stereocenters. The van der Waals surface area contributed by atoms with Crippen LogP contribution in [0.2, 0.25) is 0 Å². The van der Waals surface area contributed by atoms with Gasteiger partial charge in [0.15, 0.2) is 6.10 Å². The second-order valence-electron chi connectivity index (χ2n) is 18.9. The van der Waals surface area contributed by atoms with Crippen molar-refractivity contribution in [3.05, 3.63) is 0 Å². The van der Waals surface area contributed by atoms with E-state index in [2.05, 4.69) is 61.2 Å². The molecule has 0 spiro atoms. The average molecular weight is 974 g/mol. The highest BCUT2D eigenvalue weighted by molar-refractivity contribution is 7.45. The molecule has 0 aliphatic rings. The van der Waals surface area contributed by atoms with Crippen LogP contribution in [0, 0.1) is 47.4 Å². The van der Waals surface area contributed by atoms with Gasteiger partial charge in [0.05, 0.1) is 27.7 Å². The lowest BCUT2D eigenvalue weighted by Crippen LogP contribution is -2.37. The van der Waals surface area contributed by atoms with Gasteiger partial charge < -0.3 is 37.4 Å². The highest BCUT2D eigenvalue weighted by Gasteiger charge is 2.21. The molecule has 11 nitrogen and oxygen atoms in total. The Morgan fingerprint density at radius 1 is 0.485 bits per heavy atom. The number of phosphoric acid groups is 1. The Bertz CT molecular complexity index is 1520. The third kappa shape index (κ3) is 52.5. The zero-order valence-corrected chi connectivity index (χ0v) is 44.7. The van der Waals surface area contributed by atoms with Gasteiger partial charge in [0.2, 0.25) is 0 Å². The van der Waals surface area contributed by atoms with E-state index >= 15 is 0 Å². The van der Waals surface area contributed by atoms with Gasteiger partial charge in [0.1, 0.15) is 33.0 Å². The molecule has 0 aromatic heterocycles. The molecular weight excluding hydrogens is 878 g/mol. The molecule has 0 saturated carbocycles. The molecule has 1 unspecified atom stereocenters. The number of ether oxygens (including phenoxy) is 4. The van der Waals surface area contributed by atoms with Crippen LogP contribution < -0.4 is 4.89 Å². The van der Waals surface area contributed by atoms with Crippen LogP contribution in [0.1, 0.15) is 219 Å². The van der Waals surface area contributed by atoms with E-state index in [0.29, 0.717) is 37.1 Å². The summed E-state index contributed by atoms with van der Waals surface area (Å²) in [4.78, 5) is 37.7. The predicted octanol–water partition coefficient (Wildman–Crippen LogP) is 12.2. The maximum atomic E-state index is 12.7. The van der Waals surface area contributed by atoms with E-state index in [4.69, 9.17) is 28.0 Å². The van der Waals surface area contributed by atoms with Crippen LogP contribution in [0.3, 0.4) is 0 Å². The summed E-state index contributed by atoms with van der Waals surface area (Å²) in [5, 5.41) is 0. The summed E-state index contributed by atoms with van der Waals surface area (Å²) >= 11 is 0. The molecule has 0 saturated heterocycles. The molecular formula is C56H96NO10P. The molecule has 0 radical (unpaired) electrons. The smallest absolute Gasteiger partial charge is 0.306 e. The van der Waals surface area contributed by atoms with Crippen molar-refractivity contribution in [2.45, 2.75) is 225 Å². The second kappa shape index (κ2) is 49.2. The van der Waals surface area contributed by atoms with Crippen LogP contribution in [-0.4, -0.2) is 96.5 Å². The summed E-state index contributed by atoms with van der Waals surface area (Å²) in [6.07, 6.45) is 32.7. The number of rotatable bonds is 46. The SMILES string of the molecule is CCCCCCCCCCOCC#CC#CCCCCCCCCC(=O)OC[C@H](COP(=O)([O-])OCC[N+](C)(C)C)OC(=O)CCCCCCCCC#CC#CCOCCCCCCCCCC. The highest BCUT2D eigenvalue weighted by atomic mass is 31.2. The van der Waals surface area contributed by atoms with Crippen LogP contribution in [0.25, 0.3) is 0 Å². The first kappa shape index (κ1) is 65.2. The summed E-state index contributed by atoms with van der Waals surface area (Å²) in [5.41, 5.74) is 0. The third-order valence-electron chi connectivity index (χ3n) is 11.1. The molecule has 12 heteroatoms. The number of hydrogen-bond donors (Lipinski definition) is 0. The molecule has 0 amide bonds. The van der Waals surface area contributed by atoms with Crippen molar-refractivity contribution >= 4 is 19.8 Å². The van der Waals surface area contributed by atoms with Crippen molar-refractivity contribution in [1.82, 2.24) is 0 Å². The van der Waals surface area contributed by atoms with Gasteiger partial charge in [-0.1, -0.05) is 179 Å². The molecule has 0 N–H and O–H groups in total. The normalized spacial score (nSPS) is 12.3. The van der Waals surface area contributed by atoms with Crippen molar-refractivity contribution in [3.63, 3.8) is 0 Å². The maximum Gasteiger partial charge on any atom is 0.306 e. The number of carbonyl (C=O) groups excluding carboxylic acids is 2. The van der Waals surface area contributed by atoms with Gasteiger partial charge in [-0.15, -0.1) is 0 Å². The van der Waals surface area contributed by atoms with Crippen molar-refractivity contribution < 1.29 is 51.5 Å². The van der Waals surface area contributed by atoms with Gasteiger partial charge in [0.25, 0.3) is 7.82 Å². The first-order valence-electron chi connectivity index (χ1n) is 26.8. The minimum atomic E-state index is -4.67. The van der Waals surface area contributed by atoms with Crippen molar-refractivity contribution in [3.8, 4) is 47.4 Å². The van der Waals surface area contributed by atoms with E-state index in [9.17, 15) is 19.0 Å². The van der Waals surface area contributed by atoms with Crippen molar-refractivity contribution in [1.29, 1.82) is 0 Å². The molecule has 0 fully saturated rings. The van der Waals surface area contributed by atoms with Gasteiger partial charge in [-0.3, -0.25) is 14.2 Å². The quantitative estimate of drug-likeness (QED) is 0.0191. The molecule has 0 aromatic rings. The standard InChI is InChI=1S/C56H96NO10P/c1-6-8-10-12-14-28-34-40-47-62-49-42-36-30-24-20-16-18-22-26-32-38-44-55(58)64-52-54(53-66-68(60,61)65-51-46-57(3,4)5)67-56(59)45-39-33-27-23-19-17-21-25-31-37-43-50-63-48-41-35-29-15-13-11-9-7-2/h54H,6-23,26-29,32-35,38-41,44-53H2,1-5H3/t54-/m1/s1. The lowest BCUT2D eigenvalue weighted by Gasteiger charge is -2.28. The van der Waals surface area contributed by atoms with E-state index in [-0.39, 0.29) is 26.1 Å². The van der Waals surface area contributed by atoms with Crippen LogP contribution >= 0.6 is 7.82 Å². The van der Waals surface area contributed by atoms with Crippen LogP contribution in [0.5, 0.6) is 0 Å².